The van der Waals surface area contributed by atoms with Crippen molar-refractivity contribution in [1.29, 1.82) is 0 Å². The number of methoxy groups -OCH3 is 6. The predicted molar refractivity (Wildman–Crippen MR) is 195 cm³/mol. The van der Waals surface area contributed by atoms with Crippen LogP contribution in [-0.2, 0) is 0 Å². The smallest absolute Gasteiger partial charge is 0.197 e. The first kappa shape index (κ1) is 33.9. The third kappa shape index (κ3) is 5.43. The van der Waals surface area contributed by atoms with Crippen LogP contribution in [0.15, 0.2) is 84.9 Å². The molecule has 0 saturated carbocycles. The zero-order chi connectivity index (χ0) is 35.7. The fraction of sp³-hybridized carbons (Fsp3) is 0.190. The molecule has 0 saturated heterocycles. The number of ketones is 2. The molecule has 8 nitrogen and oxygen atoms in total. The zero-order valence-electron chi connectivity index (χ0n) is 29.3. The van der Waals surface area contributed by atoms with Crippen LogP contribution in [0.4, 0.5) is 0 Å². The van der Waals surface area contributed by atoms with Crippen LogP contribution in [0.5, 0.6) is 34.5 Å². The number of benzene rings is 6. The summed E-state index contributed by atoms with van der Waals surface area (Å²) in [4.78, 5) is 28.3. The van der Waals surface area contributed by atoms with Gasteiger partial charge in [0.15, 0.2) is 34.6 Å². The van der Waals surface area contributed by atoms with Crippen molar-refractivity contribution in [3.8, 4) is 45.6 Å². The monoisotopic (exact) mass is 670 g/mol. The molecule has 6 aromatic rings. The molecule has 50 heavy (non-hydrogen) atoms. The van der Waals surface area contributed by atoms with E-state index in [-0.39, 0.29) is 11.6 Å². The summed E-state index contributed by atoms with van der Waals surface area (Å²) in [6.07, 6.45) is 0. The topological polar surface area (TPSA) is 89.5 Å². The maximum absolute atomic E-state index is 14.1. The van der Waals surface area contributed by atoms with E-state index in [9.17, 15) is 9.59 Å². The number of fused-ring (bicyclic) bond motifs is 2. The lowest BCUT2D eigenvalue weighted by atomic mass is 9.85. The van der Waals surface area contributed by atoms with Gasteiger partial charge in [0, 0.05) is 43.8 Å². The minimum Gasteiger partial charge on any atom is -0.495 e. The van der Waals surface area contributed by atoms with E-state index in [1.165, 1.54) is 28.4 Å². The summed E-state index contributed by atoms with van der Waals surface area (Å²) in [7, 11) is 9.31. The highest BCUT2D eigenvalue weighted by atomic mass is 16.5. The van der Waals surface area contributed by atoms with E-state index in [0.717, 1.165) is 22.3 Å². The van der Waals surface area contributed by atoms with Gasteiger partial charge in [0.05, 0.1) is 53.8 Å². The summed E-state index contributed by atoms with van der Waals surface area (Å²) in [5.41, 5.74) is 4.92. The summed E-state index contributed by atoms with van der Waals surface area (Å²) < 4.78 is 35.6. The lowest BCUT2D eigenvalue weighted by molar-refractivity contribution is 0.102. The van der Waals surface area contributed by atoms with Gasteiger partial charge in [0.25, 0.3) is 0 Å². The van der Waals surface area contributed by atoms with Crippen molar-refractivity contribution in [2.75, 3.05) is 42.7 Å². The van der Waals surface area contributed by atoms with Gasteiger partial charge in [0.2, 0.25) is 0 Å². The van der Waals surface area contributed by atoms with Gasteiger partial charge >= 0.3 is 0 Å². The number of carbonyl (C=O) groups excluding carboxylic acids is 2. The number of hydrogen-bond acceptors (Lipinski definition) is 8. The highest BCUT2D eigenvalue weighted by molar-refractivity contribution is 6.22. The summed E-state index contributed by atoms with van der Waals surface area (Å²) in [6.45, 7) is 3.93. The van der Waals surface area contributed by atoms with Crippen LogP contribution in [-0.4, -0.2) is 54.2 Å². The minimum atomic E-state index is -0.211. The van der Waals surface area contributed by atoms with Crippen LogP contribution in [0.25, 0.3) is 32.7 Å². The molecule has 0 atom stereocenters. The van der Waals surface area contributed by atoms with Gasteiger partial charge < -0.3 is 28.4 Å². The molecule has 0 unspecified atom stereocenters. The first-order valence-corrected chi connectivity index (χ1v) is 16.0. The number of rotatable bonds is 11. The second kappa shape index (κ2) is 13.8. The second-order valence-corrected chi connectivity index (χ2v) is 11.8. The third-order valence-corrected chi connectivity index (χ3v) is 9.06. The first-order valence-electron chi connectivity index (χ1n) is 16.0. The van der Waals surface area contributed by atoms with Crippen LogP contribution in [0, 0.1) is 13.8 Å². The van der Waals surface area contributed by atoms with Crippen molar-refractivity contribution in [3.63, 3.8) is 0 Å². The van der Waals surface area contributed by atoms with E-state index in [4.69, 9.17) is 28.4 Å². The Hall–Kier alpha value is -6.02. The summed E-state index contributed by atoms with van der Waals surface area (Å²) >= 11 is 0. The number of ether oxygens (including phenoxy) is 6. The van der Waals surface area contributed by atoms with E-state index >= 15 is 0 Å². The molecule has 0 fully saturated rings. The molecule has 6 aromatic carbocycles. The standard InChI is InChI=1S/C42H38O8/c1-23-19-27-29(21-31(45-3)41(49-7)35(27)37(43)25-15-11-9-12-16-25)39(47-5)33(23)34-24(2)20-28-30(40(34)48-6)22-32(46-4)42(50-8)36(28)38(44)26-17-13-10-14-18-26/h9-22H,1-8H3. The average molecular weight is 671 g/mol. The lowest BCUT2D eigenvalue weighted by Crippen LogP contribution is -2.08. The molecular weight excluding hydrogens is 632 g/mol. The van der Waals surface area contributed by atoms with Gasteiger partial charge in [-0.1, -0.05) is 60.7 Å². The Morgan fingerprint density at radius 3 is 1.06 bits per heavy atom. The molecule has 0 aliphatic rings. The zero-order valence-corrected chi connectivity index (χ0v) is 29.3. The van der Waals surface area contributed by atoms with Gasteiger partial charge in [-0.15, -0.1) is 0 Å². The molecule has 0 N–H and O–H groups in total. The third-order valence-electron chi connectivity index (χ3n) is 9.06. The van der Waals surface area contributed by atoms with E-state index in [1.807, 2.05) is 74.5 Å². The Labute approximate surface area is 291 Å². The molecule has 0 bridgehead atoms. The number of hydrogen-bond donors (Lipinski definition) is 0. The van der Waals surface area contributed by atoms with Gasteiger partial charge in [-0.25, -0.2) is 0 Å². The molecule has 0 amide bonds. The second-order valence-electron chi connectivity index (χ2n) is 11.8. The Morgan fingerprint density at radius 2 is 0.760 bits per heavy atom. The normalized spacial score (nSPS) is 11.0. The van der Waals surface area contributed by atoms with Gasteiger partial charge in [0.1, 0.15) is 11.5 Å². The van der Waals surface area contributed by atoms with E-state index in [2.05, 4.69) is 0 Å². The largest absolute Gasteiger partial charge is 0.495 e. The quantitative estimate of drug-likeness (QED) is 0.126. The molecule has 8 heteroatoms. The summed E-state index contributed by atoms with van der Waals surface area (Å²) in [5, 5.41) is 2.60. The first-order chi connectivity index (χ1) is 24.2. The lowest BCUT2D eigenvalue weighted by Gasteiger charge is -2.24. The van der Waals surface area contributed by atoms with E-state index in [1.54, 1.807) is 38.5 Å². The van der Waals surface area contributed by atoms with Crippen molar-refractivity contribution < 1.29 is 38.0 Å². The van der Waals surface area contributed by atoms with E-state index in [0.29, 0.717) is 78.3 Å². The predicted octanol–water partition coefficient (Wildman–Crippen LogP) is 8.79. The fourth-order valence-corrected chi connectivity index (χ4v) is 6.86. The van der Waals surface area contributed by atoms with Crippen LogP contribution in [0.2, 0.25) is 0 Å². The maximum Gasteiger partial charge on any atom is 0.197 e. The highest BCUT2D eigenvalue weighted by Gasteiger charge is 2.30. The van der Waals surface area contributed by atoms with Crippen molar-refractivity contribution in [3.05, 3.63) is 118 Å². The van der Waals surface area contributed by atoms with Crippen molar-refractivity contribution in [2.24, 2.45) is 0 Å². The summed E-state index contributed by atoms with van der Waals surface area (Å²) in [6, 6.07) is 25.7. The minimum absolute atomic E-state index is 0.211. The van der Waals surface area contributed by atoms with Crippen LogP contribution in [0.1, 0.15) is 43.0 Å². The highest BCUT2D eigenvalue weighted by Crippen LogP contribution is 2.52. The van der Waals surface area contributed by atoms with Gasteiger partial charge in [-0.05, 0) is 49.2 Å². The Kier molecular flexibility index (Phi) is 9.37. The molecule has 0 aliphatic heterocycles. The van der Waals surface area contributed by atoms with Crippen LogP contribution >= 0.6 is 0 Å². The van der Waals surface area contributed by atoms with Crippen molar-refractivity contribution in [1.82, 2.24) is 0 Å². The maximum atomic E-state index is 14.1. The Morgan fingerprint density at radius 1 is 0.420 bits per heavy atom. The van der Waals surface area contributed by atoms with Gasteiger partial charge in [-0.3, -0.25) is 9.59 Å². The van der Waals surface area contributed by atoms with Gasteiger partial charge in [-0.2, -0.15) is 0 Å². The average Bonchev–Trinajstić information content (AvgIpc) is 3.15. The van der Waals surface area contributed by atoms with Crippen LogP contribution in [0.3, 0.4) is 0 Å². The molecular formula is C42H38O8. The fourth-order valence-electron chi connectivity index (χ4n) is 6.86. The Balaban J connectivity index is 1.72. The Bertz CT molecular complexity index is 2110. The summed E-state index contributed by atoms with van der Waals surface area (Å²) in [5.74, 6) is 2.05. The molecule has 6 rings (SSSR count). The van der Waals surface area contributed by atoms with Crippen LogP contribution < -0.4 is 28.4 Å². The number of carbonyl (C=O) groups is 2. The molecule has 254 valence electrons. The molecule has 0 aliphatic carbocycles. The van der Waals surface area contributed by atoms with E-state index < -0.39 is 0 Å². The molecule has 0 spiro atoms. The van der Waals surface area contributed by atoms with Crippen molar-refractivity contribution >= 4 is 33.1 Å². The molecule has 0 radical (unpaired) electrons. The van der Waals surface area contributed by atoms with Crippen molar-refractivity contribution in [2.45, 2.75) is 13.8 Å². The molecule has 0 heterocycles. The molecule has 0 aromatic heterocycles. The number of aryl methyl sites for hydroxylation is 2. The SMILES string of the molecule is COc1cc2c(OC)c(-c3c(C)cc4c(C(=O)c5ccccc5)c(OC)c(OC)cc4c3OC)c(C)cc2c(C(=O)c2ccccc2)c1OC.